The Morgan fingerprint density at radius 3 is 2.95 bits per heavy atom. The summed E-state index contributed by atoms with van der Waals surface area (Å²) in [7, 11) is 0. The minimum Gasteiger partial charge on any atom is -0.396 e. The van der Waals surface area contributed by atoms with Crippen LogP contribution in [0.3, 0.4) is 0 Å². The van der Waals surface area contributed by atoms with E-state index in [1.165, 1.54) is 12.3 Å². The first kappa shape index (κ1) is 15.3. The Hall–Kier alpha value is -1.73. The van der Waals surface area contributed by atoms with Crippen LogP contribution in [-0.4, -0.2) is 33.6 Å². The largest absolute Gasteiger partial charge is 0.396 e. The fourth-order valence-electron chi connectivity index (χ4n) is 1.56. The van der Waals surface area contributed by atoms with Gasteiger partial charge in [-0.1, -0.05) is 11.6 Å². The van der Waals surface area contributed by atoms with E-state index in [4.69, 9.17) is 16.7 Å². The van der Waals surface area contributed by atoms with Gasteiger partial charge in [-0.3, -0.25) is 14.9 Å². The highest BCUT2D eigenvalue weighted by atomic mass is 35.5. The van der Waals surface area contributed by atoms with E-state index in [1.807, 2.05) is 0 Å². The van der Waals surface area contributed by atoms with Gasteiger partial charge in [0.15, 0.2) is 0 Å². The van der Waals surface area contributed by atoms with Crippen LogP contribution in [0.1, 0.15) is 30.1 Å². The first-order valence-electron chi connectivity index (χ1n) is 5.68. The van der Waals surface area contributed by atoms with Crippen LogP contribution in [0.4, 0.5) is 5.69 Å². The van der Waals surface area contributed by atoms with Gasteiger partial charge in [-0.05, 0) is 25.8 Å². The van der Waals surface area contributed by atoms with Crippen LogP contribution in [0, 0.1) is 10.1 Å². The van der Waals surface area contributed by atoms with Crippen molar-refractivity contribution >= 4 is 23.2 Å². The number of rotatable bonds is 6. The first-order valence-corrected chi connectivity index (χ1v) is 6.05. The average molecular weight is 288 g/mol. The Kier molecular flexibility index (Phi) is 5.65. The molecular weight excluding hydrogens is 274 g/mol. The van der Waals surface area contributed by atoms with Gasteiger partial charge in [0.25, 0.3) is 5.91 Å². The molecule has 0 aliphatic heterocycles. The molecule has 0 spiro atoms. The van der Waals surface area contributed by atoms with Crippen LogP contribution < -0.4 is 5.32 Å². The molecule has 1 amide bonds. The zero-order chi connectivity index (χ0) is 14.4. The van der Waals surface area contributed by atoms with Gasteiger partial charge in [-0.15, -0.1) is 0 Å². The highest BCUT2D eigenvalue weighted by Gasteiger charge is 2.25. The lowest BCUT2D eigenvalue weighted by atomic mass is 10.1. The molecule has 1 atom stereocenters. The number of aliphatic hydroxyl groups excluding tert-OH is 1. The molecule has 1 aromatic heterocycles. The van der Waals surface area contributed by atoms with E-state index in [1.54, 1.807) is 6.92 Å². The third kappa shape index (κ3) is 4.15. The first-order chi connectivity index (χ1) is 8.97. The summed E-state index contributed by atoms with van der Waals surface area (Å²) in [6.07, 6.45) is 2.36. The van der Waals surface area contributed by atoms with Gasteiger partial charge in [0, 0.05) is 18.8 Å². The molecule has 1 rings (SSSR count). The number of nitrogens with one attached hydrogen (secondary N) is 1. The van der Waals surface area contributed by atoms with Crippen LogP contribution >= 0.6 is 11.6 Å². The molecule has 0 aliphatic rings. The van der Waals surface area contributed by atoms with Crippen molar-refractivity contribution in [2.24, 2.45) is 0 Å². The molecule has 0 radical (unpaired) electrons. The zero-order valence-electron chi connectivity index (χ0n) is 10.3. The summed E-state index contributed by atoms with van der Waals surface area (Å²) in [5.41, 5.74) is -0.628. The third-order valence-corrected chi connectivity index (χ3v) is 2.76. The van der Waals surface area contributed by atoms with Crippen molar-refractivity contribution in [3.8, 4) is 0 Å². The predicted molar refractivity (Wildman–Crippen MR) is 69.1 cm³/mol. The number of nitro groups is 1. The maximum absolute atomic E-state index is 11.9. The Bertz CT molecular complexity index is 481. The normalized spacial score (nSPS) is 11.9. The number of hydrogen-bond acceptors (Lipinski definition) is 5. The number of carbonyl (C=O) groups excluding carboxylic acids is 1. The van der Waals surface area contributed by atoms with Crippen molar-refractivity contribution in [1.82, 2.24) is 10.3 Å². The molecule has 104 valence electrons. The van der Waals surface area contributed by atoms with Crippen molar-refractivity contribution in [2.75, 3.05) is 6.61 Å². The number of aliphatic hydroxyl groups is 1. The van der Waals surface area contributed by atoms with E-state index < -0.39 is 16.5 Å². The zero-order valence-corrected chi connectivity index (χ0v) is 11.1. The number of pyridine rings is 1. The Morgan fingerprint density at radius 2 is 2.37 bits per heavy atom. The molecule has 0 fully saturated rings. The van der Waals surface area contributed by atoms with Crippen molar-refractivity contribution in [3.05, 3.63) is 33.1 Å². The van der Waals surface area contributed by atoms with E-state index >= 15 is 0 Å². The van der Waals surface area contributed by atoms with Crippen LogP contribution in [0.25, 0.3) is 0 Å². The maximum atomic E-state index is 11.9. The SMILES string of the molecule is CC(CCCO)NC(=O)c1ccnc(Cl)c1[N+](=O)[O-]. The summed E-state index contributed by atoms with van der Waals surface area (Å²) in [6.45, 7) is 1.78. The lowest BCUT2D eigenvalue weighted by molar-refractivity contribution is -0.385. The van der Waals surface area contributed by atoms with Gasteiger partial charge in [0.2, 0.25) is 5.15 Å². The van der Waals surface area contributed by atoms with E-state index in [0.29, 0.717) is 12.8 Å². The highest BCUT2D eigenvalue weighted by Crippen LogP contribution is 2.25. The molecule has 1 aromatic rings. The summed E-state index contributed by atoms with van der Waals surface area (Å²) in [4.78, 5) is 25.7. The minimum atomic E-state index is -0.733. The third-order valence-electron chi connectivity index (χ3n) is 2.48. The molecule has 8 heteroatoms. The van der Waals surface area contributed by atoms with Crippen molar-refractivity contribution < 1.29 is 14.8 Å². The Labute approximate surface area is 114 Å². The van der Waals surface area contributed by atoms with Crippen LogP contribution in [0.15, 0.2) is 12.3 Å². The standard InChI is InChI=1S/C11H14ClN3O4/c1-7(3-2-6-16)14-11(17)8-4-5-13-10(12)9(8)15(18)19/h4-5,7,16H,2-3,6H2,1H3,(H,14,17). The molecule has 19 heavy (non-hydrogen) atoms. The number of halogens is 1. The van der Waals surface area contributed by atoms with Gasteiger partial charge in [0.05, 0.1) is 4.92 Å². The van der Waals surface area contributed by atoms with E-state index in [0.717, 1.165) is 0 Å². The lowest BCUT2D eigenvalue weighted by Crippen LogP contribution is -2.33. The fourth-order valence-corrected chi connectivity index (χ4v) is 1.78. The number of amides is 1. The molecule has 7 nitrogen and oxygen atoms in total. The lowest BCUT2D eigenvalue weighted by Gasteiger charge is -2.13. The molecule has 1 unspecified atom stereocenters. The van der Waals surface area contributed by atoms with E-state index in [2.05, 4.69) is 10.3 Å². The molecule has 0 saturated carbocycles. The van der Waals surface area contributed by atoms with Crippen molar-refractivity contribution in [2.45, 2.75) is 25.8 Å². The summed E-state index contributed by atoms with van der Waals surface area (Å²) in [6, 6.07) is 1.05. The van der Waals surface area contributed by atoms with Gasteiger partial charge in [-0.25, -0.2) is 4.98 Å². The molecule has 2 N–H and O–H groups in total. The molecule has 0 bridgehead atoms. The molecule has 0 aliphatic carbocycles. The van der Waals surface area contributed by atoms with Gasteiger partial charge in [-0.2, -0.15) is 0 Å². The van der Waals surface area contributed by atoms with Gasteiger partial charge < -0.3 is 10.4 Å². The van der Waals surface area contributed by atoms with Crippen LogP contribution in [0.2, 0.25) is 5.15 Å². The number of hydrogen-bond donors (Lipinski definition) is 2. The van der Waals surface area contributed by atoms with Crippen LogP contribution in [0.5, 0.6) is 0 Å². The number of aromatic nitrogens is 1. The highest BCUT2D eigenvalue weighted by molar-refractivity contribution is 6.32. The quantitative estimate of drug-likeness (QED) is 0.469. The van der Waals surface area contributed by atoms with Gasteiger partial charge >= 0.3 is 5.69 Å². The second kappa shape index (κ2) is 7.01. The summed E-state index contributed by atoms with van der Waals surface area (Å²) in [5.74, 6) is -0.582. The predicted octanol–water partition coefficient (Wildman–Crippen LogP) is 1.53. The Morgan fingerprint density at radius 1 is 1.68 bits per heavy atom. The topological polar surface area (TPSA) is 105 Å². The monoisotopic (exact) mass is 287 g/mol. The second-order valence-corrected chi connectivity index (χ2v) is 4.35. The van der Waals surface area contributed by atoms with Crippen molar-refractivity contribution in [3.63, 3.8) is 0 Å². The summed E-state index contributed by atoms with van der Waals surface area (Å²) >= 11 is 5.62. The van der Waals surface area contributed by atoms with Gasteiger partial charge in [0.1, 0.15) is 5.56 Å². The average Bonchev–Trinajstić information content (AvgIpc) is 2.35. The maximum Gasteiger partial charge on any atom is 0.319 e. The second-order valence-electron chi connectivity index (χ2n) is 4.00. The molecular formula is C11H14ClN3O4. The van der Waals surface area contributed by atoms with Crippen LogP contribution in [-0.2, 0) is 0 Å². The summed E-state index contributed by atoms with van der Waals surface area (Å²) in [5, 5.41) is 21.9. The molecule has 1 heterocycles. The summed E-state index contributed by atoms with van der Waals surface area (Å²) < 4.78 is 0. The Balaban J connectivity index is 2.88. The van der Waals surface area contributed by atoms with E-state index in [9.17, 15) is 14.9 Å². The number of nitrogens with zero attached hydrogens (tertiary/aromatic N) is 2. The minimum absolute atomic E-state index is 0.0292. The molecule has 0 saturated heterocycles. The van der Waals surface area contributed by atoms with Crippen molar-refractivity contribution in [1.29, 1.82) is 0 Å². The fraction of sp³-hybridized carbons (Fsp3) is 0.455. The molecule has 0 aromatic carbocycles. The number of carbonyl (C=O) groups is 1. The van der Waals surface area contributed by atoms with E-state index in [-0.39, 0.29) is 23.4 Å². The smallest absolute Gasteiger partial charge is 0.319 e.